The molecule has 2 heterocycles. The zero-order valence-corrected chi connectivity index (χ0v) is 29.8. The Morgan fingerprint density at radius 2 is 0.745 bits per heavy atom. The molecule has 8 aromatic carbocycles. The lowest BCUT2D eigenvalue weighted by Crippen LogP contribution is -2.02. The van der Waals surface area contributed by atoms with E-state index < -0.39 is 0 Å². The number of rotatable bonds is 7. The second-order valence-electron chi connectivity index (χ2n) is 13.6. The molecule has 10 aromatic rings. The number of hydrogen-bond acceptors (Lipinski definition) is 4. The van der Waals surface area contributed by atoms with E-state index in [-0.39, 0.29) is 0 Å². The monoisotopic (exact) mass is 703 g/mol. The molecule has 55 heavy (non-hydrogen) atoms. The van der Waals surface area contributed by atoms with Gasteiger partial charge in [0.1, 0.15) is 11.2 Å². The lowest BCUT2D eigenvalue weighted by Gasteiger charge is -2.15. The first-order valence-corrected chi connectivity index (χ1v) is 18.4. The van der Waals surface area contributed by atoms with Gasteiger partial charge < -0.3 is 4.42 Å². The maximum Gasteiger partial charge on any atom is 0.164 e. The van der Waals surface area contributed by atoms with E-state index in [0.29, 0.717) is 17.5 Å². The number of hydrogen-bond donors (Lipinski definition) is 0. The van der Waals surface area contributed by atoms with Crippen molar-refractivity contribution in [2.75, 3.05) is 0 Å². The standard InChI is InChI=1S/C51H33N3O/c1-4-15-34(16-5-1)39-31-32-45(46(33-39)36-19-8-3-9-20-36)51-53-49(52-50(54-51)44-23-11-10-21-40(44)35-17-6-2-7-18-35)38-29-27-37(28-30-38)41-24-14-25-43-42-22-12-13-26-47(42)55-48(41)43/h1-33H. The number of nitrogens with zero attached hydrogens (tertiary/aromatic N) is 3. The van der Waals surface area contributed by atoms with Crippen LogP contribution in [0, 0.1) is 0 Å². The molecule has 0 radical (unpaired) electrons. The number of para-hydroxylation sites is 2. The van der Waals surface area contributed by atoms with Crippen LogP contribution in [0.3, 0.4) is 0 Å². The number of aromatic nitrogens is 3. The summed E-state index contributed by atoms with van der Waals surface area (Å²) in [6, 6.07) is 69.2. The zero-order chi connectivity index (χ0) is 36.6. The summed E-state index contributed by atoms with van der Waals surface area (Å²) in [6.07, 6.45) is 0. The van der Waals surface area contributed by atoms with Crippen molar-refractivity contribution in [1.82, 2.24) is 15.0 Å². The highest BCUT2D eigenvalue weighted by Crippen LogP contribution is 2.39. The van der Waals surface area contributed by atoms with Gasteiger partial charge in [0.25, 0.3) is 0 Å². The molecule has 0 aliphatic carbocycles. The molecule has 0 fully saturated rings. The molecule has 0 N–H and O–H groups in total. The van der Waals surface area contributed by atoms with Crippen LogP contribution in [0.25, 0.3) is 101 Å². The minimum atomic E-state index is 0.600. The molecule has 0 aliphatic rings. The molecule has 0 spiro atoms. The van der Waals surface area contributed by atoms with Gasteiger partial charge in [-0.05, 0) is 57.1 Å². The van der Waals surface area contributed by atoms with Crippen LogP contribution in [0.1, 0.15) is 0 Å². The Morgan fingerprint density at radius 1 is 0.273 bits per heavy atom. The molecule has 4 nitrogen and oxygen atoms in total. The van der Waals surface area contributed by atoms with E-state index in [1.54, 1.807) is 0 Å². The lowest BCUT2D eigenvalue weighted by atomic mass is 9.94. The fraction of sp³-hybridized carbons (Fsp3) is 0. The smallest absolute Gasteiger partial charge is 0.164 e. The molecular weight excluding hydrogens is 671 g/mol. The van der Waals surface area contributed by atoms with Crippen molar-refractivity contribution < 1.29 is 4.42 Å². The Bertz CT molecular complexity index is 2950. The van der Waals surface area contributed by atoms with E-state index >= 15 is 0 Å². The van der Waals surface area contributed by atoms with Gasteiger partial charge in [-0.2, -0.15) is 0 Å². The number of benzene rings is 8. The summed E-state index contributed by atoms with van der Waals surface area (Å²) in [5, 5.41) is 2.22. The van der Waals surface area contributed by atoms with E-state index in [2.05, 4.69) is 164 Å². The topological polar surface area (TPSA) is 51.8 Å². The summed E-state index contributed by atoms with van der Waals surface area (Å²) in [4.78, 5) is 15.7. The van der Waals surface area contributed by atoms with E-state index in [1.807, 2.05) is 36.4 Å². The number of fused-ring (bicyclic) bond motifs is 3. The van der Waals surface area contributed by atoms with Crippen molar-refractivity contribution in [1.29, 1.82) is 0 Å². The van der Waals surface area contributed by atoms with Crippen molar-refractivity contribution >= 4 is 21.9 Å². The highest BCUT2D eigenvalue weighted by atomic mass is 16.3. The van der Waals surface area contributed by atoms with Crippen molar-refractivity contribution in [2.24, 2.45) is 0 Å². The lowest BCUT2D eigenvalue weighted by molar-refractivity contribution is 0.670. The molecule has 0 aliphatic heterocycles. The van der Waals surface area contributed by atoms with E-state index in [1.165, 1.54) is 0 Å². The molecule has 0 amide bonds. The molecule has 4 heteroatoms. The molecule has 258 valence electrons. The van der Waals surface area contributed by atoms with Gasteiger partial charge in [0.15, 0.2) is 17.5 Å². The van der Waals surface area contributed by atoms with Gasteiger partial charge in [-0.15, -0.1) is 0 Å². The third-order valence-electron chi connectivity index (χ3n) is 10.2. The summed E-state index contributed by atoms with van der Waals surface area (Å²) in [5.74, 6) is 1.82. The van der Waals surface area contributed by atoms with Crippen LogP contribution in [-0.2, 0) is 0 Å². The summed E-state index contributed by atoms with van der Waals surface area (Å²) < 4.78 is 6.38. The van der Waals surface area contributed by atoms with E-state index in [0.717, 1.165) is 83.1 Å². The van der Waals surface area contributed by atoms with Crippen molar-refractivity contribution in [3.63, 3.8) is 0 Å². The Labute approximate surface area is 319 Å². The molecule has 0 unspecified atom stereocenters. The van der Waals surface area contributed by atoms with Gasteiger partial charge in [-0.25, -0.2) is 15.0 Å². The molecule has 10 rings (SSSR count). The van der Waals surface area contributed by atoms with E-state index in [4.69, 9.17) is 19.4 Å². The Hall–Kier alpha value is -7.43. The molecule has 0 saturated heterocycles. The van der Waals surface area contributed by atoms with E-state index in [9.17, 15) is 0 Å². The Kier molecular flexibility index (Phi) is 8.12. The van der Waals surface area contributed by atoms with Crippen molar-refractivity contribution in [3.8, 4) is 78.7 Å². The van der Waals surface area contributed by atoms with Crippen LogP contribution in [0.2, 0.25) is 0 Å². The van der Waals surface area contributed by atoms with Gasteiger partial charge >= 0.3 is 0 Å². The van der Waals surface area contributed by atoms with Crippen LogP contribution >= 0.6 is 0 Å². The third kappa shape index (κ3) is 6.06. The maximum absolute atomic E-state index is 6.38. The number of furan rings is 1. The summed E-state index contributed by atoms with van der Waals surface area (Å²) in [6.45, 7) is 0. The van der Waals surface area contributed by atoms with Gasteiger partial charge in [0.2, 0.25) is 0 Å². The third-order valence-corrected chi connectivity index (χ3v) is 10.2. The first-order chi connectivity index (χ1) is 27.3. The average Bonchev–Trinajstić information content (AvgIpc) is 3.66. The van der Waals surface area contributed by atoms with Crippen LogP contribution in [-0.4, -0.2) is 15.0 Å². The zero-order valence-electron chi connectivity index (χ0n) is 29.8. The highest BCUT2D eigenvalue weighted by molar-refractivity contribution is 6.09. The summed E-state index contributed by atoms with van der Waals surface area (Å²) >= 11 is 0. The van der Waals surface area contributed by atoms with Crippen LogP contribution in [0.15, 0.2) is 205 Å². The second-order valence-corrected chi connectivity index (χ2v) is 13.6. The molecule has 0 bridgehead atoms. The molecule has 0 atom stereocenters. The highest BCUT2D eigenvalue weighted by Gasteiger charge is 2.19. The fourth-order valence-electron chi connectivity index (χ4n) is 7.47. The minimum absolute atomic E-state index is 0.600. The van der Waals surface area contributed by atoms with Gasteiger partial charge in [0.05, 0.1) is 0 Å². The van der Waals surface area contributed by atoms with Crippen LogP contribution in [0.5, 0.6) is 0 Å². The average molecular weight is 704 g/mol. The summed E-state index contributed by atoms with van der Waals surface area (Å²) in [5.41, 5.74) is 13.2. The second kappa shape index (κ2) is 13.8. The first-order valence-electron chi connectivity index (χ1n) is 18.4. The largest absolute Gasteiger partial charge is 0.455 e. The molecule has 2 aromatic heterocycles. The quantitative estimate of drug-likeness (QED) is 0.166. The van der Waals surface area contributed by atoms with Gasteiger partial charge in [0, 0.05) is 33.0 Å². The van der Waals surface area contributed by atoms with Gasteiger partial charge in [-0.1, -0.05) is 182 Å². The first kappa shape index (κ1) is 32.2. The Morgan fingerprint density at radius 3 is 1.45 bits per heavy atom. The Balaban J connectivity index is 1.15. The molecule has 0 saturated carbocycles. The summed E-state index contributed by atoms with van der Waals surface area (Å²) in [7, 11) is 0. The van der Waals surface area contributed by atoms with Crippen LogP contribution in [0.4, 0.5) is 0 Å². The fourth-order valence-corrected chi connectivity index (χ4v) is 7.47. The predicted molar refractivity (Wildman–Crippen MR) is 225 cm³/mol. The van der Waals surface area contributed by atoms with Gasteiger partial charge in [-0.3, -0.25) is 0 Å². The normalized spacial score (nSPS) is 11.3. The molecular formula is C51H33N3O. The SMILES string of the molecule is c1ccc(-c2ccc(-c3nc(-c4ccc(-c5cccc6c5oc5ccccc56)cc4)nc(-c4ccccc4-c4ccccc4)n3)c(-c3ccccc3)c2)cc1. The van der Waals surface area contributed by atoms with Crippen LogP contribution < -0.4 is 0 Å². The minimum Gasteiger partial charge on any atom is -0.455 e. The van der Waals surface area contributed by atoms with Crippen molar-refractivity contribution in [2.45, 2.75) is 0 Å². The predicted octanol–water partition coefficient (Wildman–Crippen LogP) is 13.4. The maximum atomic E-state index is 6.38. The van der Waals surface area contributed by atoms with Crippen molar-refractivity contribution in [3.05, 3.63) is 200 Å².